The van der Waals surface area contributed by atoms with Gasteiger partial charge in [-0.1, -0.05) is 19.4 Å². The lowest BCUT2D eigenvalue weighted by molar-refractivity contribution is -0.137. The number of anilines is 2. The zero-order valence-electron chi connectivity index (χ0n) is 20.2. The molecule has 0 saturated carbocycles. The van der Waals surface area contributed by atoms with Crippen molar-refractivity contribution in [1.29, 1.82) is 0 Å². The third-order valence-electron chi connectivity index (χ3n) is 5.92. The summed E-state index contributed by atoms with van der Waals surface area (Å²) < 4.78 is 50.6. The zero-order valence-corrected chi connectivity index (χ0v) is 20.2. The van der Waals surface area contributed by atoms with Crippen molar-refractivity contribution in [1.82, 2.24) is 0 Å². The third kappa shape index (κ3) is 5.90. The van der Waals surface area contributed by atoms with Gasteiger partial charge < -0.3 is 14.5 Å². The number of nitrogens with zero attached hydrogens (tertiary/aromatic N) is 1. The van der Waals surface area contributed by atoms with E-state index in [1.165, 1.54) is 12.1 Å². The van der Waals surface area contributed by atoms with E-state index in [2.05, 4.69) is 22.8 Å². The van der Waals surface area contributed by atoms with Gasteiger partial charge in [-0.05, 0) is 68.7 Å². The Morgan fingerprint density at radius 2 is 1.89 bits per heavy atom. The summed E-state index contributed by atoms with van der Waals surface area (Å²) in [4.78, 5) is 13.0. The number of carbonyl (C=O) groups excluding carboxylic acids is 1. The van der Waals surface area contributed by atoms with Crippen LogP contribution in [0.2, 0.25) is 0 Å². The third-order valence-corrected chi connectivity index (χ3v) is 5.92. The number of hydrogen-bond acceptors (Lipinski definition) is 5. The first-order chi connectivity index (χ1) is 17.3. The Hall–Kier alpha value is -3.75. The number of hydrogen-bond donors (Lipinski definition) is 2. The minimum Gasteiger partial charge on any atom is -0.494 e. The van der Waals surface area contributed by atoms with Gasteiger partial charge in [-0.3, -0.25) is 10.2 Å². The van der Waals surface area contributed by atoms with Crippen molar-refractivity contribution in [2.45, 2.75) is 52.1 Å². The Balaban J connectivity index is 1.49. The molecular weight excluding hydrogens is 471 g/mol. The lowest BCUT2D eigenvalue weighted by Gasteiger charge is -2.14. The fourth-order valence-corrected chi connectivity index (χ4v) is 4.05. The molecule has 4 rings (SSSR count). The molecule has 0 bridgehead atoms. The fourth-order valence-electron chi connectivity index (χ4n) is 4.05. The second-order valence-electron chi connectivity index (χ2n) is 8.64. The highest BCUT2D eigenvalue weighted by molar-refractivity contribution is 6.09. The van der Waals surface area contributed by atoms with E-state index >= 15 is 0 Å². The summed E-state index contributed by atoms with van der Waals surface area (Å²) in [6.07, 6.45) is -0.399. The Morgan fingerprint density at radius 1 is 1.11 bits per heavy atom. The molecule has 1 aliphatic carbocycles. The van der Waals surface area contributed by atoms with Gasteiger partial charge in [0.05, 0.1) is 23.6 Å². The molecule has 0 unspecified atom stereocenters. The number of benzene rings is 2. The molecule has 36 heavy (non-hydrogen) atoms. The Labute approximate surface area is 207 Å². The first-order valence-corrected chi connectivity index (χ1v) is 11.9. The summed E-state index contributed by atoms with van der Waals surface area (Å²) in [5.41, 5.74) is 4.83. The van der Waals surface area contributed by atoms with Crippen molar-refractivity contribution in [3.63, 3.8) is 0 Å². The molecule has 0 spiro atoms. The molecule has 0 fully saturated rings. The predicted octanol–water partition coefficient (Wildman–Crippen LogP) is 7.19. The number of fused-ring (bicyclic) bond motifs is 1. The number of furan rings is 1. The van der Waals surface area contributed by atoms with Crippen LogP contribution in [0.4, 0.5) is 24.5 Å². The normalized spacial score (nSPS) is 14.4. The van der Waals surface area contributed by atoms with E-state index in [-0.39, 0.29) is 17.4 Å². The van der Waals surface area contributed by atoms with E-state index in [1.54, 1.807) is 31.2 Å². The molecule has 1 heterocycles. The Morgan fingerprint density at radius 3 is 2.61 bits per heavy atom. The van der Waals surface area contributed by atoms with Gasteiger partial charge in [-0.25, -0.2) is 0 Å². The predicted molar refractivity (Wildman–Crippen MR) is 133 cm³/mol. The molecule has 0 aliphatic heterocycles. The van der Waals surface area contributed by atoms with E-state index in [4.69, 9.17) is 9.15 Å². The highest BCUT2D eigenvalue weighted by Crippen LogP contribution is 2.32. The number of halogens is 3. The van der Waals surface area contributed by atoms with Crippen LogP contribution in [0.3, 0.4) is 0 Å². The van der Waals surface area contributed by atoms with Crippen molar-refractivity contribution in [2.24, 2.45) is 5.10 Å². The number of unbranched alkanes of at least 4 members (excludes halogenated alkanes) is 1. The number of nitrogens with one attached hydrogen (secondary N) is 2. The quantitative estimate of drug-likeness (QED) is 0.254. The molecule has 190 valence electrons. The van der Waals surface area contributed by atoms with Crippen LogP contribution in [0, 0.1) is 6.92 Å². The van der Waals surface area contributed by atoms with Gasteiger partial charge in [0, 0.05) is 23.2 Å². The van der Waals surface area contributed by atoms with Crippen LogP contribution < -0.4 is 15.5 Å². The van der Waals surface area contributed by atoms with Crippen molar-refractivity contribution >= 4 is 23.0 Å². The average molecular weight is 500 g/mol. The number of aryl methyl sites for hydroxylation is 1. The highest BCUT2D eigenvalue weighted by Gasteiger charge is 2.31. The second-order valence-corrected chi connectivity index (χ2v) is 8.64. The standard InChI is InChI=1S/C27H28F3N3O3/c1-3-4-15-35-21-13-11-19(12-14-21)31-26(34)25-17(2)24-22(9-6-10-23(24)36-25)33-32-20-8-5-7-18(16-20)27(28,29)30/h5,7-8,11-14,16,32H,3-4,6,9-10,15H2,1-2H3,(H,31,34)/b33-22+. The number of ether oxygens (including phenoxy) is 1. The summed E-state index contributed by atoms with van der Waals surface area (Å²) >= 11 is 0. The molecule has 6 nitrogen and oxygen atoms in total. The molecule has 0 saturated heterocycles. The number of rotatable bonds is 8. The maximum atomic E-state index is 13.0. The number of carbonyl (C=O) groups is 1. The van der Waals surface area contributed by atoms with Crippen molar-refractivity contribution in [2.75, 3.05) is 17.3 Å². The van der Waals surface area contributed by atoms with Crippen LogP contribution in [0.25, 0.3) is 0 Å². The highest BCUT2D eigenvalue weighted by atomic mass is 19.4. The lowest BCUT2D eigenvalue weighted by atomic mass is 9.93. The minimum atomic E-state index is -4.44. The summed E-state index contributed by atoms with van der Waals surface area (Å²) in [7, 11) is 0. The van der Waals surface area contributed by atoms with Crippen LogP contribution in [0.5, 0.6) is 5.75 Å². The van der Waals surface area contributed by atoms with Gasteiger partial charge in [0.25, 0.3) is 5.91 Å². The second kappa shape index (κ2) is 10.9. The zero-order chi connectivity index (χ0) is 25.7. The van der Waals surface area contributed by atoms with E-state index in [9.17, 15) is 18.0 Å². The van der Waals surface area contributed by atoms with E-state index < -0.39 is 11.7 Å². The minimum absolute atomic E-state index is 0.192. The van der Waals surface area contributed by atoms with Crippen LogP contribution in [0.15, 0.2) is 58.0 Å². The molecule has 1 aromatic heterocycles. The molecular formula is C27H28F3N3O3. The fraction of sp³-hybridized carbons (Fsp3) is 0.333. The molecule has 1 amide bonds. The number of alkyl halides is 3. The first kappa shape index (κ1) is 25.3. The first-order valence-electron chi connectivity index (χ1n) is 11.9. The van der Waals surface area contributed by atoms with Crippen molar-refractivity contribution in [3.8, 4) is 5.75 Å². The van der Waals surface area contributed by atoms with Crippen LogP contribution in [-0.4, -0.2) is 18.2 Å². The smallest absolute Gasteiger partial charge is 0.416 e. The van der Waals surface area contributed by atoms with Gasteiger partial charge in [0.2, 0.25) is 0 Å². The average Bonchev–Trinajstić information content (AvgIpc) is 3.21. The Kier molecular flexibility index (Phi) is 7.67. The molecule has 2 aromatic carbocycles. The van der Waals surface area contributed by atoms with Gasteiger partial charge in [0.1, 0.15) is 11.5 Å². The van der Waals surface area contributed by atoms with Crippen molar-refractivity contribution < 1.29 is 27.1 Å². The monoisotopic (exact) mass is 499 g/mol. The maximum absolute atomic E-state index is 13.0. The van der Waals surface area contributed by atoms with E-state index in [0.29, 0.717) is 42.2 Å². The molecule has 3 aromatic rings. The number of amides is 1. The van der Waals surface area contributed by atoms with Crippen LogP contribution in [-0.2, 0) is 12.6 Å². The Bertz CT molecular complexity index is 1250. The van der Waals surface area contributed by atoms with Gasteiger partial charge >= 0.3 is 6.18 Å². The van der Waals surface area contributed by atoms with Gasteiger partial charge in [-0.2, -0.15) is 18.3 Å². The molecule has 9 heteroatoms. The largest absolute Gasteiger partial charge is 0.494 e. The summed E-state index contributed by atoms with van der Waals surface area (Å²) in [6.45, 7) is 4.52. The summed E-state index contributed by atoms with van der Waals surface area (Å²) in [5, 5.41) is 7.21. The van der Waals surface area contributed by atoms with Gasteiger partial charge in [0.15, 0.2) is 5.76 Å². The molecule has 1 aliphatic rings. The van der Waals surface area contributed by atoms with Crippen LogP contribution in [0.1, 0.15) is 65.6 Å². The van der Waals surface area contributed by atoms with Gasteiger partial charge in [-0.15, -0.1) is 0 Å². The lowest BCUT2D eigenvalue weighted by Crippen LogP contribution is -2.14. The maximum Gasteiger partial charge on any atom is 0.416 e. The molecule has 0 atom stereocenters. The van der Waals surface area contributed by atoms with Crippen molar-refractivity contribution in [3.05, 3.63) is 76.7 Å². The van der Waals surface area contributed by atoms with E-state index in [1.807, 2.05) is 0 Å². The SMILES string of the molecule is CCCCOc1ccc(NC(=O)c2oc3c(c2C)/C(=N/Nc2cccc(C(F)(F)F)c2)CCC3)cc1. The topological polar surface area (TPSA) is 75.9 Å². The molecule has 0 radical (unpaired) electrons. The van der Waals surface area contributed by atoms with Crippen LogP contribution >= 0.6 is 0 Å². The summed E-state index contributed by atoms with van der Waals surface area (Å²) in [5.74, 6) is 1.19. The number of hydrazone groups is 1. The van der Waals surface area contributed by atoms with E-state index in [0.717, 1.165) is 42.7 Å². The summed E-state index contributed by atoms with van der Waals surface area (Å²) in [6, 6.07) is 12.0. The molecule has 2 N–H and O–H groups in total.